The topological polar surface area (TPSA) is 263 Å². The number of imide groups is 2. The Hall–Kier alpha value is -9.44. The number of pyridine rings is 2. The molecular weight excluding hydrogens is 1420 g/mol. The second-order valence-electron chi connectivity index (χ2n) is 33.5. The fourth-order valence-electron chi connectivity index (χ4n) is 11.7. The lowest BCUT2D eigenvalue weighted by molar-refractivity contribution is -0.299. The molecule has 4 atom stereocenters. The molecule has 2 unspecified atom stereocenters. The number of aliphatic hydroxyl groups is 1. The highest BCUT2D eigenvalue weighted by Gasteiger charge is 2.62. The van der Waals surface area contributed by atoms with Gasteiger partial charge in [0.2, 0.25) is 23.0 Å². The molecule has 0 radical (unpaired) electrons. The van der Waals surface area contributed by atoms with Crippen molar-refractivity contribution in [2.45, 2.75) is 278 Å². The maximum absolute atomic E-state index is 15.5. The van der Waals surface area contributed by atoms with Crippen LogP contribution in [0.2, 0.25) is 0 Å². The zero-order chi connectivity index (χ0) is 80.8. The predicted octanol–water partition coefficient (Wildman–Crippen LogP) is 20.2. The molecule has 0 saturated heterocycles. The number of rotatable bonds is 9. The highest BCUT2D eigenvalue weighted by atomic mass is 19.4. The molecule has 0 fully saturated rings. The first-order valence-electron chi connectivity index (χ1n) is 36.3. The predicted molar refractivity (Wildman–Crippen MR) is 396 cm³/mol. The Kier molecular flexibility index (Phi) is 25.8. The van der Waals surface area contributed by atoms with Crippen LogP contribution in [0.5, 0.6) is 11.8 Å². The number of hydrogen-bond donors (Lipinski definition) is 1. The third-order valence-electron chi connectivity index (χ3n) is 17.2. The van der Waals surface area contributed by atoms with Crippen LogP contribution in [-0.2, 0) is 65.2 Å². The highest BCUT2D eigenvalue weighted by molar-refractivity contribution is 6.12. The number of carbonyl (C=O) groups excluding carboxylic acids is 4. The smallest absolute Gasteiger partial charge is 0.426 e. The van der Waals surface area contributed by atoms with Gasteiger partial charge in [-0.3, -0.25) is 0 Å². The summed E-state index contributed by atoms with van der Waals surface area (Å²) < 4.78 is 143. The highest BCUT2D eigenvalue weighted by Crippen LogP contribution is 2.49. The van der Waals surface area contributed by atoms with Crippen molar-refractivity contribution in [1.29, 1.82) is 0 Å². The first kappa shape index (κ1) is 85.2. The number of anilines is 2. The first-order valence-corrected chi connectivity index (χ1v) is 36.3. The van der Waals surface area contributed by atoms with Gasteiger partial charge in [0.1, 0.15) is 34.6 Å². The molecule has 28 heteroatoms. The maximum Gasteiger partial charge on any atom is 0.426 e. The lowest BCUT2D eigenvalue weighted by Gasteiger charge is -2.32. The number of nitrogens with zero attached hydrogens (tertiary/aromatic N) is 8. The lowest BCUT2D eigenvalue weighted by atomic mass is 9.85. The molecule has 592 valence electrons. The summed E-state index contributed by atoms with van der Waals surface area (Å²) in [5.74, 6) is -2.99. The molecule has 0 saturated carbocycles. The SMILES string of the molecule is Cc1cc(N(C(=O)OC(C)(C)C)C(=O)OC(C)(C)C)c2nc1OC(Cc1cccc(C(C)(C)C)c1)CC=CCC[C@](OCc1ccccc1)(C(F)(F)F)c1nnc-2o1.Cc1cc(N(C(=O)OC(C)(C)C)C(=O)OC(C)(C)C)c2nc1OC(Cc1cccc(C(C)(C)C)c1)CCCCC[C@](O)(C(F)(F)F)c1nnc-2o1. The average Bonchev–Trinajstić information content (AvgIpc) is 1.68. The van der Waals surface area contributed by atoms with E-state index in [0.717, 1.165) is 22.3 Å². The number of allylic oxidation sites excluding steroid dienone is 1. The quantitative estimate of drug-likeness (QED) is 0.0799. The van der Waals surface area contributed by atoms with E-state index in [9.17, 15) is 37.5 Å². The number of amides is 4. The monoisotopic (exact) mass is 1520 g/mol. The third kappa shape index (κ3) is 22.4. The molecule has 2 aliphatic heterocycles. The van der Waals surface area contributed by atoms with Gasteiger partial charge in [-0.15, -0.1) is 20.4 Å². The number of benzene rings is 3. The van der Waals surface area contributed by atoms with Crippen LogP contribution in [-0.4, -0.2) is 107 Å². The van der Waals surface area contributed by atoms with E-state index in [2.05, 4.69) is 91.2 Å². The summed E-state index contributed by atoms with van der Waals surface area (Å²) in [6.45, 7) is 34.9. The van der Waals surface area contributed by atoms with E-state index in [1.807, 2.05) is 24.3 Å². The molecule has 0 aliphatic carbocycles. The summed E-state index contributed by atoms with van der Waals surface area (Å²) in [6.07, 6.45) is -11.3. The van der Waals surface area contributed by atoms with Crippen molar-refractivity contribution in [1.82, 2.24) is 30.4 Å². The van der Waals surface area contributed by atoms with Gasteiger partial charge < -0.3 is 47.1 Å². The zero-order valence-electron chi connectivity index (χ0n) is 65.8. The van der Waals surface area contributed by atoms with Crippen LogP contribution < -0.4 is 19.3 Å². The van der Waals surface area contributed by atoms with Gasteiger partial charge in [0.05, 0.1) is 18.0 Å². The molecule has 7 aromatic rings. The molecule has 1 N–H and O–H groups in total. The fourth-order valence-corrected chi connectivity index (χ4v) is 11.7. The minimum absolute atomic E-state index is 0.00115. The van der Waals surface area contributed by atoms with Crippen LogP contribution in [0.4, 0.5) is 56.9 Å². The molecule has 3 aromatic carbocycles. The standard InChI is InChI=1S/C44H53F3N4O7.C37H49F3N4O7/c1-28-24-33(51(38(52)57-41(5,6)7)39(53)58-42(8,9)10)34-36-49-50-37(56-36)43(44(45,46)47,54-27-29-18-13-11-14-19-29)23-16-12-15-22-32(55-35(28)48-34)26-30-20-17-21-31(25-30)40(2,3)4;1-22-19-26(44(31(45)50-34(5,6)7)32(46)51-35(8,9)10)27-29-42-43-30(49-29)36(47,37(38,39)40)18-13-11-12-17-25(48-28(22)41-27)21-23-15-14-16-24(20-23)33(2,3)4/h11-15,17-21,24-25,32H,16,22-23,26-27H2,1-10H3;14-16,19-20,25,47H,11-13,17-18,21H2,1-10H3/t32?,43-;25?,36-/m11/s1. The second kappa shape index (κ2) is 33.0. The first-order chi connectivity index (χ1) is 50.3. The third-order valence-corrected chi connectivity index (χ3v) is 17.2. The number of carbonyl (C=O) groups is 4. The largest absolute Gasteiger partial charge is 0.474 e. The Morgan fingerprint density at radius 1 is 0.495 bits per heavy atom. The number of fused-ring (bicyclic) bond motifs is 10. The van der Waals surface area contributed by atoms with Gasteiger partial charge in [0.25, 0.3) is 23.6 Å². The van der Waals surface area contributed by atoms with Gasteiger partial charge in [-0.2, -0.15) is 36.1 Å². The number of halogens is 6. The van der Waals surface area contributed by atoms with Gasteiger partial charge in [0.15, 0.2) is 11.4 Å². The van der Waals surface area contributed by atoms with E-state index in [0.29, 0.717) is 65.0 Å². The molecule has 6 heterocycles. The summed E-state index contributed by atoms with van der Waals surface area (Å²) in [5, 5.41) is 26.4. The second-order valence-corrected chi connectivity index (χ2v) is 33.5. The maximum atomic E-state index is 15.5. The van der Waals surface area contributed by atoms with Crippen molar-refractivity contribution >= 4 is 35.7 Å². The average molecular weight is 1530 g/mol. The van der Waals surface area contributed by atoms with Crippen molar-refractivity contribution in [3.8, 4) is 34.9 Å². The molecular formula is C81H102F6N8O14. The Morgan fingerprint density at radius 3 is 1.35 bits per heavy atom. The number of hydrogen-bond acceptors (Lipinski definition) is 20. The van der Waals surface area contributed by atoms with Crippen molar-refractivity contribution in [2.75, 3.05) is 9.80 Å². The van der Waals surface area contributed by atoms with Crippen molar-refractivity contribution in [3.05, 3.63) is 154 Å². The minimum atomic E-state index is -5.16. The normalized spacial score (nSPS) is 18.4. The lowest BCUT2D eigenvalue weighted by Crippen LogP contribution is -2.45. The van der Waals surface area contributed by atoms with Crippen LogP contribution in [0, 0.1) is 13.8 Å². The van der Waals surface area contributed by atoms with Gasteiger partial charge in [-0.05, 0) is 186 Å². The van der Waals surface area contributed by atoms with Gasteiger partial charge in [-0.1, -0.05) is 139 Å². The van der Waals surface area contributed by atoms with Crippen molar-refractivity contribution < 1.29 is 92.6 Å². The molecule has 4 aromatic heterocycles. The van der Waals surface area contributed by atoms with Crippen LogP contribution in [0.25, 0.3) is 23.2 Å². The number of alkyl halides is 6. The van der Waals surface area contributed by atoms with Crippen LogP contribution in [0.1, 0.15) is 227 Å². The van der Waals surface area contributed by atoms with E-state index in [1.54, 1.807) is 139 Å². The molecule has 8 bridgehead atoms. The Labute approximate surface area is 633 Å². The summed E-state index contributed by atoms with van der Waals surface area (Å²) in [4.78, 5) is 65.7. The summed E-state index contributed by atoms with van der Waals surface area (Å²) in [7, 11) is 0. The van der Waals surface area contributed by atoms with Gasteiger partial charge in [0, 0.05) is 30.4 Å². The van der Waals surface area contributed by atoms with E-state index >= 15 is 13.2 Å². The van der Waals surface area contributed by atoms with Crippen LogP contribution in [0.15, 0.2) is 112 Å². The molecule has 9 rings (SSSR count). The molecule has 109 heavy (non-hydrogen) atoms. The van der Waals surface area contributed by atoms with Crippen LogP contribution in [0.3, 0.4) is 0 Å². The van der Waals surface area contributed by atoms with Crippen molar-refractivity contribution in [3.63, 3.8) is 0 Å². The fraction of sp³-hybridized carbons (Fsp3) is 0.531. The number of ether oxygens (including phenoxy) is 7. The van der Waals surface area contributed by atoms with Crippen LogP contribution >= 0.6 is 0 Å². The summed E-state index contributed by atoms with van der Waals surface area (Å²) in [6, 6.07) is 27.5. The Morgan fingerprint density at radius 2 is 0.917 bits per heavy atom. The van der Waals surface area contributed by atoms with E-state index in [1.165, 1.54) is 12.1 Å². The Balaban J connectivity index is 0.000000277. The number of aromatic nitrogens is 6. The summed E-state index contributed by atoms with van der Waals surface area (Å²) >= 11 is 0. The molecule has 0 spiro atoms. The molecule has 22 nitrogen and oxygen atoms in total. The van der Waals surface area contributed by atoms with E-state index in [-0.39, 0.29) is 58.2 Å². The van der Waals surface area contributed by atoms with Gasteiger partial charge in [-0.25, -0.2) is 29.1 Å². The minimum Gasteiger partial charge on any atom is -0.474 e. The van der Waals surface area contributed by atoms with E-state index < -0.39 is 126 Å². The van der Waals surface area contributed by atoms with E-state index in [4.69, 9.17) is 47.0 Å². The Bertz CT molecular complexity index is 4310. The zero-order valence-corrected chi connectivity index (χ0v) is 65.8. The number of aryl methyl sites for hydroxylation is 2. The van der Waals surface area contributed by atoms with Crippen molar-refractivity contribution in [2.24, 2.45) is 0 Å². The van der Waals surface area contributed by atoms with Gasteiger partial charge >= 0.3 is 36.7 Å². The molecule has 4 amide bonds. The summed E-state index contributed by atoms with van der Waals surface area (Å²) in [5.41, 5.74) is -6.69. The molecule has 2 aliphatic rings.